The lowest BCUT2D eigenvalue weighted by Gasteiger charge is -2.09. The number of aryl methyl sites for hydroxylation is 2. The molecule has 11 nitrogen and oxygen atoms in total. The van der Waals surface area contributed by atoms with Gasteiger partial charge in [-0.2, -0.15) is 5.10 Å². The highest BCUT2D eigenvalue weighted by Crippen LogP contribution is 2.15. The summed E-state index contributed by atoms with van der Waals surface area (Å²) in [6, 6.07) is 6.81. The van der Waals surface area contributed by atoms with Crippen LogP contribution in [-0.2, 0) is 14.1 Å². The van der Waals surface area contributed by atoms with Crippen LogP contribution in [0.4, 0.5) is 5.95 Å². The number of thioether (sulfide) groups is 1. The van der Waals surface area contributed by atoms with E-state index < -0.39 is 22.9 Å². The van der Waals surface area contributed by atoms with Crippen LogP contribution in [0.2, 0.25) is 0 Å². The van der Waals surface area contributed by atoms with E-state index in [0.29, 0.717) is 5.69 Å². The fraction of sp³-hybridized carbons (Fsp3) is 0.214. The van der Waals surface area contributed by atoms with Gasteiger partial charge in [0.25, 0.3) is 11.5 Å². The monoisotopic (exact) mass is 374 g/mol. The van der Waals surface area contributed by atoms with Gasteiger partial charge < -0.3 is 0 Å². The van der Waals surface area contributed by atoms with Gasteiger partial charge in [0.05, 0.1) is 5.69 Å². The zero-order valence-corrected chi connectivity index (χ0v) is 14.9. The van der Waals surface area contributed by atoms with Crippen molar-refractivity contribution in [1.82, 2.24) is 34.6 Å². The largest absolute Gasteiger partial charge is 0.351 e. The molecule has 3 rings (SSSR count). The summed E-state index contributed by atoms with van der Waals surface area (Å²) in [6.45, 7) is 0. The van der Waals surface area contributed by atoms with Crippen molar-refractivity contribution < 1.29 is 4.79 Å². The molecule has 0 saturated carbocycles. The predicted octanol–water partition coefficient (Wildman–Crippen LogP) is -0.571. The van der Waals surface area contributed by atoms with Gasteiger partial charge in [-0.1, -0.05) is 5.10 Å². The summed E-state index contributed by atoms with van der Waals surface area (Å²) in [5, 5.41) is 16.7. The molecule has 0 unspecified atom stereocenters. The maximum absolute atomic E-state index is 12.7. The van der Waals surface area contributed by atoms with E-state index in [-0.39, 0.29) is 5.95 Å². The molecule has 3 aromatic rings. The lowest BCUT2D eigenvalue weighted by molar-refractivity contribution is 0.101. The fourth-order valence-corrected chi connectivity index (χ4v) is 2.58. The van der Waals surface area contributed by atoms with Crippen LogP contribution in [0.15, 0.2) is 38.8 Å². The van der Waals surface area contributed by atoms with Crippen molar-refractivity contribution in [2.24, 2.45) is 14.1 Å². The van der Waals surface area contributed by atoms with Crippen molar-refractivity contribution in [3.8, 4) is 5.69 Å². The van der Waals surface area contributed by atoms with Gasteiger partial charge in [0.2, 0.25) is 11.6 Å². The minimum absolute atomic E-state index is 0.0425. The summed E-state index contributed by atoms with van der Waals surface area (Å²) in [4.78, 5) is 38.5. The molecule has 1 amide bonds. The minimum atomic E-state index is -0.836. The molecule has 1 aromatic carbocycles. The summed E-state index contributed by atoms with van der Waals surface area (Å²) in [7, 11) is 2.88. The van der Waals surface area contributed by atoms with Gasteiger partial charge in [-0.15, -0.1) is 11.8 Å². The second-order valence-electron chi connectivity index (χ2n) is 5.17. The van der Waals surface area contributed by atoms with E-state index >= 15 is 0 Å². The van der Waals surface area contributed by atoms with Crippen LogP contribution in [-0.4, -0.2) is 46.7 Å². The molecule has 12 heteroatoms. The Hall–Kier alpha value is -3.28. The molecule has 1 N–H and O–H groups in total. The Morgan fingerprint density at radius 3 is 2.38 bits per heavy atom. The van der Waals surface area contributed by atoms with Gasteiger partial charge in [-0.3, -0.25) is 14.9 Å². The summed E-state index contributed by atoms with van der Waals surface area (Å²) in [5.74, 6) is -0.779. The number of hydrogen-bond acceptors (Lipinski definition) is 8. The Bertz CT molecular complexity index is 1080. The zero-order chi connectivity index (χ0) is 18.8. The molecule has 134 valence electrons. The number of carbonyl (C=O) groups excluding carboxylic acids is 1. The number of nitrogens with zero attached hydrogens (tertiary/aromatic N) is 7. The van der Waals surface area contributed by atoms with Gasteiger partial charge in [0.15, 0.2) is 0 Å². The Morgan fingerprint density at radius 1 is 1.12 bits per heavy atom. The van der Waals surface area contributed by atoms with E-state index in [1.807, 2.05) is 6.26 Å². The highest BCUT2D eigenvalue weighted by molar-refractivity contribution is 7.98. The number of carbonyl (C=O) groups is 1. The van der Waals surface area contributed by atoms with E-state index in [2.05, 4.69) is 25.9 Å². The molecule has 0 fully saturated rings. The number of benzene rings is 1. The molecule has 0 bridgehead atoms. The molecular formula is C14H14N8O3S. The first-order valence-corrected chi connectivity index (χ1v) is 8.53. The van der Waals surface area contributed by atoms with E-state index in [0.717, 1.165) is 14.1 Å². The topological polar surface area (TPSA) is 130 Å². The SMILES string of the molecule is CSc1ccc(-n2c(=O)c(C(=O)Nc3nnnn3C)nn(C)c2=O)cc1. The van der Waals surface area contributed by atoms with Gasteiger partial charge in [0.1, 0.15) is 0 Å². The number of anilines is 1. The lowest BCUT2D eigenvalue weighted by Crippen LogP contribution is -2.43. The zero-order valence-electron chi connectivity index (χ0n) is 14.1. The van der Waals surface area contributed by atoms with Crippen LogP contribution in [0.5, 0.6) is 0 Å². The lowest BCUT2D eigenvalue weighted by atomic mass is 10.3. The van der Waals surface area contributed by atoms with E-state index in [4.69, 9.17) is 0 Å². The minimum Gasteiger partial charge on any atom is -0.288 e. The quantitative estimate of drug-likeness (QED) is 0.601. The van der Waals surface area contributed by atoms with Crippen LogP contribution in [0, 0.1) is 0 Å². The number of nitrogens with one attached hydrogen (secondary N) is 1. The molecule has 0 spiro atoms. The first-order valence-electron chi connectivity index (χ1n) is 7.31. The number of rotatable bonds is 4. The molecule has 0 aliphatic heterocycles. The molecule has 2 heterocycles. The van der Waals surface area contributed by atoms with Crippen molar-refractivity contribution in [1.29, 1.82) is 0 Å². The van der Waals surface area contributed by atoms with Crippen molar-refractivity contribution in [2.45, 2.75) is 4.90 Å². The summed E-state index contributed by atoms with van der Waals surface area (Å²) < 4.78 is 3.04. The van der Waals surface area contributed by atoms with Gasteiger partial charge in [0, 0.05) is 19.0 Å². The molecule has 0 atom stereocenters. The van der Waals surface area contributed by atoms with E-state index in [1.165, 1.54) is 30.5 Å². The average molecular weight is 374 g/mol. The maximum atomic E-state index is 12.7. The first-order chi connectivity index (χ1) is 12.4. The smallest absolute Gasteiger partial charge is 0.288 e. The number of tetrazole rings is 1. The van der Waals surface area contributed by atoms with Crippen LogP contribution in [0.3, 0.4) is 0 Å². The Morgan fingerprint density at radius 2 is 1.81 bits per heavy atom. The molecular weight excluding hydrogens is 360 g/mol. The summed E-state index contributed by atoms with van der Waals surface area (Å²) in [6.07, 6.45) is 1.91. The van der Waals surface area contributed by atoms with Gasteiger partial charge in [-0.05, 0) is 40.9 Å². The Balaban J connectivity index is 2.09. The molecule has 0 aliphatic carbocycles. The van der Waals surface area contributed by atoms with Crippen LogP contribution >= 0.6 is 11.8 Å². The van der Waals surface area contributed by atoms with Gasteiger partial charge >= 0.3 is 5.69 Å². The number of aromatic nitrogens is 7. The second kappa shape index (κ2) is 6.92. The van der Waals surface area contributed by atoms with Crippen LogP contribution < -0.4 is 16.6 Å². The third kappa shape index (κ3) is 3.13. The van der Waals surface area contributed by atoms with Crippen molar-refractivity contribution >= 4 is 23.6 Å². The van der Waals surface area contributed by atoms with Crippen molar-refractivity contribution in [3.63, 3.8) is 0 Å². The Kier molecular flexibility index (Phi) is 4.67. The molecule has 0 aliphatic rings. The van der Waals surface area contributed by atoms with Crippen LogP contribution in [0.25, 0.3) is 5.69 Å². The number of hydrogen-bond donors (Lipinski definition) is 1. The third-order valence-electron chi connectivity index (χ3n) is 3.51. The highest BCUT2D eigenvalue weighted by Gasteiger charge is 2.21. The molecule has 0 radical (unpaired) electrons. The van der Waals surface area contributed by atoms with Gasteiger partial charge in [-0.25, -0.2) is 18.7 Å². The highest BCUT2D eigenvalue weighted by atomic mass is 32.2. The molecule has 0 saturated heterocycles. The normalized spacial score (nSPS) is 10.7. The molecule has 26 heavy (non-hydrogen) atoms. The predicted molar refractivity (Wildman–Crippen MR) is 93.6 cm³/mol. The third-order valence-corrected chi connectivity index (χ3v) is 4.26. The average Bonchev–Trinajstić information content (AvgIpc) is 3.03. The summed E-state index contributed by atoms with van der Waals surface area (Å²) in [5.41, 5.74) is -1.62. The van der Waals surface area contributed by atoms with E-state index in [9.17, 15) is 14.4 Å². The first kappa shape index (κ1) is 17.5. The Labute approximate surface area is 150 Å². The number of amides is 1. The van der Waals surface area contributed by atoms with Crippen molar-refractivity contribution in [3.05, 3.63) is 50.8 Å². The summed E-state index contributed by atoms with van der Waals surface area (Å²) >= 11 is 1.53. The fourth-order valence-electron chi connectivity index (χ4n) is 2.17. The molecule has 2 aromatic heterocycles. The van der Waals surface area contributed by atoms with E-state index in [1.54, 1.807) is 24.3 Å². The standard InChI is InChI=1S/C14H14N8O3S/c1-20-13(16-18-19-20)15-11(23)10-12(24)22(14(25)21(2)17-10)8-4-6-9(26-3)7-5-8/h4-7H,1-3H3,(H,15,16,19,23). The maximum Gasteiger partial charge on any atom is 0.351 e. The van der Waals surface area contributed by atoms with Crippen molar-refractivity contribution in [2.75, 3.05) is 11.6 Å². The second-order valence-corrected chi connectivity index (χ2v) is 6.05. The van der Waals surface area contributed by atoms with Crippen LogP contribution in [0.1, 0.15) is 10.5 Å².